The highest BCUT2D eigenvalue weighted by molar-refractivity contribution is 6.00. The van der Waals surface area contributed by atoms with E-state index in [2.05, 4.69) is 15.0 Å². The van der Waals surface area contributed by atoms with E-state index in [0.29, 0.717) is 31.6 Å². The Balaban J connectivity index is 1.53. The van der Waals surface area contributed by atoms with Crippen LogP contribution in [-0.2, 0) is 6.18 Å². The number of carbonyl (C=O) groups is 1. The first-order valence-electron chi connectivity index (χ1n) is 9.98. The summed E-state index contributed by atoms with van der Waals surface area (Å²) >= 11 is 0. The van der Waals surface area contributed by atoms with Gasteiger partial charge in [-0.2, -0.15) is 13.2 Å². The molecule has 1 fully saturated rings. The van der Waals surface area contributed by atoms with E-state index < -0.39 is 41.3 Å². The average molecular weight is 464 g/mol. The Morgan fingerprint density at radius 2 is 1.82 bits per heavy atom. The molecule has 1 amide bonds. The monoisotopic (exact) mass is 464 g/mol. The van der Waals surface area contributed by atoms with Gasteiger partial charge in [0.25, 0.3) is 11.8 Å². The van der Waals surface area contributed by atoms with Crippen molar-refractivity contribution in [2.24, 2.45) is 0 Å². The van der Waals surface area contributed by atoms with Crippen LogP contribution in [0.2, 0.25) is 0 Å². The van der Waals surface area contributed by atoms with Crippen molar-refractivity contribution in [3.8, 4) is 17.3 Å². The van der Waals surface area contributed by atoms with Crippen molar-refractivity contribution < 1.29 is 31.5 Å². The fourth-order valence-corrected chi connectivity index (χ4v) is 3.57. The molecular formula is C22H17F5N4O2. The van der Waals surface area contributed by atoms with E-state index in [9.17, 15) is 26.7 Å². The van der Waals surface area contributed by atoms with Gasteiger partial charge in [0.05, 0.1) is 23.2 Å². The first-order chi connectivity index (χ1) is 15.7. The predicted octanol–water partition coefficient (Wildman–Crippen LogP) is 4.52. The Morgan fingerprint density at radius 3 is 2.52 bits per heavy atom. The van der Waals surface area contributed by atoms with Gasteiger partial charge in [0, 0.05) is 25.1 Å². The maximum absolute atomic E-state index is 14.6. The Bertz CT molecular complexity index is 1160. The van der Waals surface area contributed by atoms with E-state index in [-0.39, 0.29) is 23.5 Å². The largest absolute Gasteiger partial charge is 0.470 e. The van der Waals surface area contributed by atoms with Gasteiger partial charge in [0.1, 0.15) is 11.9 Å². The van der Waals surface area contributed by atoms with E-state index >= 15 is 0 Å². The summed E-state index contributed by atoms with van der Waals surface area (Å²) in [7, 11) is 0. The lowest BCUT2D eigenvalue weighted by Crippen LogP contribution is -2.44. The molecule has 0 spiro atoms. The number of benzene rings is 1. The van der Waals surface area contributed by atoms with Crippen molar-refractivity contribution in [1.29, 1.82) is 0 Å². The fraction of sp³-hybridized carbons (Fsp3) is 0.273. The Hall–Kier alpha value is -3.63. The Morgan fingerprint density at radius 1 is 1.06 bits per heavy atom. The third-order valence-electron chi connectivity index (χ3n) is 5.11. The molecule has 0 N–H and O–H groups in total. The van der Waals surface area contributed by atoms with Crippen molar-refractivity contribution in [2.45, 2.75) is 25.1 Å². The molecule has 33 heavy (non-hydrogen) atoms. The number of amides is 1. The number of alkyl halides is 3. The third-order valence-corrected chi connectivity index (χ3v) is 5.11. The van der Waals surface area contributed by atoms with Gasteiger partial charge in [0.2, 0.25) is 0 Å². The number of carbonyl (C=O) groups excluding carboxylic acids is 1. The zero-order valence-corrected chi connectivity index (χ0v) is 17.0. The summed E-state index contributed by atoms with van der Waals surface area (Å²) in [6, 6.07) is 5.93. The van der Waals surface area contributed by atoms with Crippen LogP contribution >= 0.6 is 0 Å². The lowest BCUT2D eigenvalue weighted by Gasteiger charge is -2.33. The number of rotatable bonds is 4. The molecule has 4 rings (SSSR count). The molecule has 1 unspecified atom stereocenters. The highest BCUT2D eigenvalue weighted by Gasteiger charge is 2.33. The number of hydrogen-bond donors (Lipinski definition) is 0. The van der Waals surface area contributed by atoms with Crippen LogP contribution in [0.4, 0.5) is 22.0 Å². The maximum atomic E-state index is 14.6. The normalized spacial score (nSPS) is 16.5. The highest BCUT2D eigenvalue weighted by Crippen LogP contribution is 2.31. The number of hydrogen-bond acceptors (Lipinski definition) is 5. The Labute approximate surface area is 185 Å². The summed E-state index contributed by atoms with van der Waals surface area (Å²) in [5, 5.41) is 0. The van der Waals surface area contributed by atoms with Crippen LogP contribution in [0.5, 0.6) is 5.88 Å². The molecule has 1 aliphatic rings. The number of aromatic nitrogens is 3. The lowest BCUT2D eigenvalue weighted by molar-refractivity contribution is -0.138. The molecule has 1 saturated heterocycles. The lowest BCUT2D eigenvalue weighted by atomic mass is 10.0. The van der Waals surface area contributed by atoms with Crippen molar-refractivity contribution in [1.82, 2.24) is 19.9 Å². The van der Waals surface area contributed by atoms with Crippen LogP contribution in [0, 0.1) is 11.6 Å². The van der Waals surface area contributed by atoms with Gasteiger partial charge in [-0.15, -0.1) is 0 Å². The van der Waals surface area contributed by atoms with Crippen molar-refractivity contribution >= 4 is 5.91 Å². The number of likely N-dealkylation sites (tertiary alicyclic amines) is 1. The summed E-state index contributed by atoms with van der Waals surface area (Å²) in [5.41, 5.74) is -1.21. The van der Waals surface area contributed by atoms with Crippen LogP contribution in [0.15, 0.2) is 48.9 Å². The number of ether oxygens (including phenoxy) is 1. The fourth-order valence-electron chi connectivity index (χ4n) is 3.57. The summed E-state index contributed by atoms with van der Waals surface area (Å²) in [6.07, 6.45) is -1.16. The first kappa shape index (κ1) is 22.6. The maximum Gasteiger partial charge on any atom is 0.417 e. The van der Waals surface area contributed by atoms with Crippen molar-refractivity contribution in [3.05, 3.63) is 71.7 Å². The number of piperidine rings is 1. The topological polar surface area (TPSA) is 68.2 Å². The predicted molar refractivity (Wildman–Crippen MR) is 106 cm³/mol. The van der Waals surface area contributed by atoms with Crippen LogP contribution < -0.4 is 4.74 Å². The first-order valence-corrected chi connectivity index (χ1v) is 9.98. The minimum atomic E-state index is -4.73. The van der Waals surface area contributed by atoms with Gasteiger partial charge in [-0.25, -0.2) is 23.7 Å². The molecule has 11 heteroatoms. The Kier molecular flexibility index (Phi) is 6.21. The van der Waals surface area contributed by atoms with Crippen molar-refractivity contribution in [3.63, 3.8) is 0 Å². The van der Waals surface area contributed by atoms with Crippen LogP contribution in [-0.4, -0.2) is 45.0 Å². The summed E-state index contributed by atoms with van der Waals surface area (Å²) in [6.45, 7) is 0.361. The van der Waals surface area contributed by atoms with Gasteiger partial charge < -0.3 is 9.64 Å². The molecule has 0 aliphatic carbocycles. The van der Waals surface area contributed by atoms with Crippen LogP contribution in [0.3, 0.4) is 0 Å². The second kappa shape index (κ2) is 9.08. The molecular weight excluding hydrogens is 447 g/mol. The van der Waals surface area contributed by atoms with E-state index in [1.54, 1.807) is 6.07 Å². The van der Waals surface area contributed by atoms with Gasteiger partial charge in [-0.05, 0) is 37.1 Å². The average Bonchev–Trinajstić information content (AvgIpc) is 2.80. The standard InChI is InChI=1S/C22H17F5N4O2/c23-16-6-1-5-15(18(16)19-28-7-3-8-29-19)21(32)31-9-2-4-14(12-31)33-20-17(24)10-13(11-30-20)22(25,26)27/h1,3,5-8,10-11,14H,2,4,9,12H2. The zero-order valence-electron chi connectivity index (χ0n) is 17.0. The molecule has 6 nitrogen and oxygen atoms in total. The van der Waals surface area contributed by atoms with Crippen LogP contribution in [0.1, 0.15) is 28.8 Å². The molecule has 3 heterocycles. The van der Waals surface area contributed by atoms with E-state index in [1.807, 2.05) is 0 Å². The summed E-state index contributed by atoms with van der Waals surface area (Å²) in [4.78, 5) is 26.1. The summed E-state index contributed by atoms with van der Waals surface area (Å²) < 4.78 is 72.3. The van der Waals surface area contributed by atoms with E-state index in [1.165, 1.54) is 35.5 Å². The van der Waals surface area contributed by atoms with Gasteiger partial charge >= 0.3 is 6.18 Å². The zero-order chi connectivity index (χ0) is 23.6. The van der Waals surface area contributed by atoms with E-state index in [4.69, 9.17) is 4.74 Å². The van der Waals surface area contributed by atoms with Crippen LogP contribution in [0.25, 0.3) is 11.4 Å². The molecule has 1 aromatic carbocycles. The minimum Gasteiger partial charge on any atom is -0.470 e. The minimum absolute atomic E-state index is 0.0204. The number of pyridine rings is 1. The number of nitrogens with zero attached hydrogens (tertiary/aromatic N) is 4. The summed E-state index contributed by atoms with van der Waals surface area (Å²) in [5.74, 6) is -2.92. The molecule has 0 saturated carbocycles. The quantitative estimate of drug-likeness (QED) is 0.532. The van der Waals surface area contributed by atoms with Crippen molar-refractivity contribution in [2.75, 3.05) is 13.1 Å². The highest BCUT2D eigenvalue weighted by atomic mass is 19.4. The van der Waals surface area contributed by atoms with Gasteiger partial charge in [0.15, 0.2) is 11.6 Å². The second-order valence-corrected chi connectivity index (χ2v) is 7.38. The molecule has 1 aliphatic heterocycles. The molecule has 172 valence electrons. The second-order valence-electron chi connectivity index (χ2n) is 7.38. The van der Waals surface area contributed by atoms with E-state index in [0.717, 1.165) is 0 Å². The number of halogens is 5. The molecule has 2 aromatic heterocycles. The smallest absolute Gasteiger partial charge is 0.417 e. The SMILES string of the molecule is O=C(c1cccc(F)c1-c1ncccn1)N1CCCC(Oc2ncc(C(F)(F)F)cc2F)C1. The molecule has 3 aromatic rings. The molecule has 1 atom stereocenters. The molecule has 0 radical (unpaired) electrons. The van der Waals surface area contributed by atoms with Gasteiger partial charge in [-0.1, -0.05) is 6.07 Å². The van der Waals surface area contributed by atoms with Gasteiger partial charge in [-0.3, -0.25) is 4.79 Å². The molecule has 0 bridgehead atoms. The third kappa shape index (κ3) is 4.91.